The van der Waals surface area contributed by atoms with Crippen molar-refractivity contribution in [2.75, 3.05) is 0 Å². The Morgan fingerprint density at radius 1 is 1.12 bits per heavy atom. The predicted molar refractivity (Wildman–Crippen MR) is 92.5 cm³/mol. The van der Waals surface area contributed by atoms with Crippen LogP contribution in [0.25, 0.3) is 21.8 Å². The molecule has 25 heavy (non-hydrogen) atoms. The van der Waals surface area contributed by atoms with Crippen LogP contribution in [0.2, 0.25) is 0 Å². The first-order valence-electron chi connectivity index (χ1n) is 7.37. The van der Waals surface area contributed by atoms with E-state index in [1.807, 2.05) is 18.2 Å². The molecule has 0 bridgehead atoms. The molecule has 122 valence electrons. The van der Waals surface area contributed by atoms with E-state index in [4.69, 9.17) is 0 Å². The van der Waals surface area contributed by atoms with Gasteiger partial charge < -0.3 is 10.1 Å². The molecule has 0 saturated carbocycles. The molecule has 8 heteroatoms. The molecule has 0 unspecified atom stereocenters. The highest BCUT2D eigenvalue weighted by Gasteiger charge is 2.16. The van der Waals surface area contributed by atoms with Gasteiger partial charge in [0.2, 0.25) is 0 Å². The van der Waals surface area contributed by atoms with Crippen LogP contribution in [0.5, 0.6) is 5.75 Å². The summed E-state index contributed by atoms with van der Waals surface area (Å²) in [4.78, 5) is 17.7. The number of imidazole rings is 1. The fraction of sp³-hybridized carbons (Fsp3) is 0. The standard InChI is InChI=1S/C17H11N5O3/c23-16-6-5-10-3-1-2-4-11(10)17(16)21-20-14-7-12-13(19-9-18-12)8-15(14)22(24)25/h1-9,23H,(H,18,19). The second kappa shape index (κ2) is 5.68. The Hall–Kier alpha value is -3.81. The van der Waals surface area contributed by atoms with E-state index in [-0.39, 0.29) is 22.8 Å². The van der Waals surface area contributed by atoms with E-state index in [9.17, 15) is 15.2 Å². The van der Waals surface area contributed by atoms with Gasteiger partial charge in [0.1, 0.15) is 11.4 Å². The summed E-state index contributed by atoms with van der Waals surface area (Å²) in [6.45, 7) is 0. The maximum atomic E-state index is 11.3. The van der Waals surface area contributed by atoms with Crippen LogP contribution in [0.3, 0.4) is 0 Å². The maximum absolute atomic E-state index is 11.3. The predicted octanol–water partition coefficient (Wildman–Crippen LogP) is 4.75. The van der Waals surface area contributed by atoms with Crippen LogP contribution in [-0.2, 0) is 0 Å². The van der Waals surface area contributed by atoms with Crippen LogP contribution in [0, 0.1) is 10.1 Å². The van der Waals surface area contributed by atoms with Crippen molar-refractivity contribution in [3.63, 3.8) is 0 Å². The topological polar surface area (TPSA) is 117 Å². The lowest BCUT2D eigenvalue weighted by atomic mass is 10.1. The van der Waals surface area contributed by atoms with Crippen LogP contribution < -0.4 is 0 Å². The van der Waals surface area contributed by atoms with E-state index in [2.05, 4.69) is 20.2 Å². The number of azo groups is 1. The van der Waals surface area contributed by atoms with Gasteiger partial charge in [0.25, 0.3) is 5.69 Å². The van der Waals surface area contributed by atoms with Crippen molar-refractivity contribution in [1.82, 2.24) is 9.97 Å². The average Bonchev–Trinajstić information content (AvgIpc) is 3.07. The largest absolute Gasteiger partial charge is 0.506 e. The molecule has 0 saturated heterocycles. The zero-order valence-corrected chi connectivity index (χ0v) is 12.7. The maximum Gasteiger partial charge on any atom is 0.298 e. The number of nitro groups is 1. The molecule has 2 N–H and O–H groups in total. The summed E-state index contributed by atoms with van der Waals surface area (Å²) in [5, 5.41) is 31.1. The Morgan fingerprint density at radius 2 is 1.96 bits per heavy atom. The Balaban J connectivity index is 1.88. The van der Waals surface area contributed by atoms with Crippen molar-refractivity contribution in [3.05, 3.63) is 65.0 Å². The summed E-state index contributed by atoms with van der Waals surface area (Å²) >= 11 is 0. The van der Waals surface area contributed by atoms with E-state index in [1.54, 1.807) is 12.1 Å². The van der Waals surface area contributed by atoms with Crippen LogP contribution in [-0.4, -0.2) is 20.0 Å². The van der Waals surface area contributed by atoms with Gasteiger partial charge in [-0.05, 0) is 11.5 Å². The molecule has 0 spiro atoms. The van der Waals surface area contributed by atoms with Gasteiger partial charge in [-0.25, -0.2) is 4.98 Å². The number of phenolic OH excluding ortho intramolecular Hbond substituents is 1. The van der Waals surface area contributed by atoms with Gasteiger partial charge in [-0.2, -0.15) is 0 Å². The highest BCUT2D eigenvalue weighted by molar-refractivity contribution is 5.95. The molecule has 4 rings (SSSR count). The minimum absolute atomic E-state index is 0.0500. The van der Waals surface area contributed by atoms with E-state index >= 15 is 0 Å². The minimum Gasteiger partial charge on any atom is -0.506 e. The molecule has 1 aromatic heterocycles. The van der Waals surface area contributed by atoms with E-state index < -0.39 is 4.92 Å². The van der Waals surface area contributed by atoms with Crippen molar-refractivity contribution in [2.45, 2.75) is 0 Å². The second-order valence-corrected chi connectivity index (χ2v) is 5.37. The molecule has 0 aliphatic heterocycles. The quantitative estimate of drug-likeness (QED) is 0.320. The zero-order chi connectivity index (χ0) is 17.4. The number of H-pyrrole nitrogens is 1. The third-order valence-electron chi connectivity index (χ3n) is 3.85. The number of aromatic hydroxyl groups is 1. The molecule has 0 fully saturated rings. The van der Waals surface area contributed by atoms with Crippen molar-refractivity contribution in [2.24, 2.45) is 10.2 Å². The summed E-state index contributed by atoms with van der Waals surface area (Å²) in [6.07, 6.45) is 1.45. The molecule has 0 atom stereocenters. The summed E-state index contributed by atoms with van der Waals surface area (Å²) in [7, 11) is 0. The monoisotopic (exact) mass is 333 g/mol. The van der Waals surface area contributed by atoms with Crippen LogP contribution >= 0.6 is 0 Å². The highest BCUT2D eigenvalue weighted by atomic mass is 16.6. The Labute approximate surface area is 140 Å². The number of aromatic nitrogens is 2. The number of nitro benzene ring substituents is 1. The number of rotatable bonds is 3. The van der Waals surface area contributed by atoms with Gasteiger partial charge in [-0.1, -0.05) is 30.3 Å². The van der Waals surface area contributed by atoms with Crippen LogP contribution in [0.15, 0.2) is 65.1 Å². The molecular formula is C17H11N5O3. The summed E-state index contributed by atoms with van der Waals surface area (Å²) in [5.41, 5.74) is 1.21. The summed E-state index contributed by atoms with van der Waals surface area (Å²) in [6, 6.07) is 13.5. The fourth-order valence-corrected chi connectivity index (χ4v) is 2.64. The van der Waals surface area contributed by atoms with E-state index in [0.717, 1.165) is 5.39 Å². The van der Waals surface area contributed by atoms with Crippen LogP contribution in [0.4, 0.5) is 17.1 Å². The third-order valence-corrected chi connectivity index (χ3v) is 3.85. The smallest absolute Gasteiger partial charge is 0.298 e. The molecular weight excluding hydrogens is 322 g/mol. The fourth-order valence-electron chi connectivity index (χ4n) is 2.64. The lowest BCUT2D eigenvalue weighted by molar-refractivity contribution is -0.384. The zero-order valence-electron chi connectivity index (χ0n) is 12.7. The lowest BCUT2D eigenvalue weighted by Crippen LogP contribution is -1.88. The van der Waals surface area contributed by atoms with Gasteiger partial charge in [-0.3, -0.25) is 10.1 Å². The first-order valence-corrected chi connectivity index (χ1v) is 7.37. The number of nitrogens with one attached hydrogen (secondary N) is 1. The first-order chi connectivity index (χ1) is 12.1. The van der Waals surface area contributed by atoms with Gasteiger partial charge in [0, 0.05) is 17.5 Å². The molecule has 4 aromatic rings. The van der Waals surface area contributed by atoms with Crippen molar-refractivity contribution in [1.29, 1.82) is 0 Å². The number of phenols is 1. The summed E-state index contributed by atoms with van der Waals surface area (Å²) in [5.74, 6) is -0.0500. The SMILES string of the molecule is O=[N+]([O-])c1cc2[nH]cnc2cc1N=Nc1c(O)ccc2ccccc12. The van der Waals surface area contributed by atoms with Crippen molar-refractivity contribution >= 4 is 38.9 Å². The van der Waals surface area contributed by atoms with Gasteiger partial charge >= 0.3 is 0 Å². The number of fused-ring (bicyclic) bond motifs is 2. The molecule has 0 amide bonds. The van der Waals surface area contributed by atoms with Gasteiger partial charge in [0.05, 0.1) is 22.3 Å². The average molecular weight is 333 g/mol. The number of nitrogens with zero attached hydrogens (tertiary/aromatic N) is 4. The van der Waals surface area contributed by atoms with Crippen LogP contribution in [0.1, 0.15) is 0 Å². The lowest BCUT2D eigenvalue weighted by Gasteiger charge is -2.03. The van der Waals surface area contributed by atoms with E-state index in [1.165, 1.54) is 24.5 Å². The second-order valence-electron chi connectivity index (χ2n) is 5.37. The Morgan fingerprint density at radius 3 is 2.80 bits per heavy atom. The minimum atomic E-state index is -0.530. The Bertz CT molecular complexity index is 1150. The number of aromatic amines is 1. The van der Waals surface area contributed by atoms with Gasteiger partial charge in [-0.15, -0.1) is 10.2 Å². The molecule has 8 nitrogen and oxygen atoms in total. The molecule has 0 aliphatic carbocycles. The molecule has 1 heterocycles. The van der Waals surface area contributed by atoms with Crippen molar-refractivity contribution in [3.8, 4) is 5.75 Å². The number of hydrogen-bond donors (Lipinski definition) is 2. The van der Waals surface area contributed by atoms with Crippen molar-refractivity contribution < 1.29 is 10.0 Å². The summed E-state index contributed by atoms with van der Waals surface area (Å²) < 4.78 is 0. The first kappa shape index (κ1) is 14.8. The molecule has 3 aromatic carbocycles. The molecule has 0 radical (unpaired) electrons. The highest BCUT2D eigenvalue weighted by Crippen LogP contribution is 2.38. The number of hydrogen-bond acceptors (Lipinski definition) is 6. The number of benzene rings is 3. The molecule has 0 aliphatic rings. The Kier molecular flexibility index (Phi) is 3.35. The van der Waals surface area contributed by atoms with E-state index in [0.29, 0.717) is 16.4 Å². The normalized spacial score (nSPS) is 11.5. The van der Waals surface area contributed by atoms with Gasteiger partial charge in [0.15, 0.2) is 5.69 Å². The third kappa shape index (κ3) is 2.55.